The Labute approximate surface area is 142 Å². The third-order valence-corrected chi connectivity index (χ3v) is 4.84. The smallest absolute Gasteiger partial charge is 0.233 e. The number of ketones is 1. The van der Waals surface area contributed by atoms with Gasteiger partial charge in [-0.25, -0.2) is 0 Å². The van der Waals surface area contributed by atoms with E-state index in [1.54, 1.807) is 24.3 Å². The van der Waals surface area contributed by atoms with Crippen molar-refractivity contribution in [3.63, 3.8) is 0 Å². The highest BCUT2D eigenvalue weighted by Crippen LogP contribution is 2.34. The third kappa shape index (κ3) is 3.09. The van der Waals surface area contributed by atoms with Crippen LogP contribution >= 0.6 is 0 Å². The number of Topliss-reactive ketones (excluding diaryl/α,β-unsaturated/α-hetero) is 1. The maximum Gasteiger partial charge on any atom is 0.233 e. The van der Waals surface area contributed by atoms with Crippen molar-refractivity contribution in [1.29, 1.82) is 0 Å². The summed E-state index contributed by atoms with van der Waals surface area (Å²) in [4.78, 5) is 31.3. The van der Waals surface area contributed by atoms with Crippen molar-refractivity contribution in [3.8, 4) is 0 Å². The molecule has 4 heteroatoms. The van der Waals surface area contributed by atoms with E-state index in [1.165, 1.54) is 0 Å². The second kappa shape index (κ2) is 6.56. The van der Waals surface area contributed by atoms with Gasteiger partial charge in [-0.15, -0.1) is 0 Å². The first-order chi connectivity index (χ1) is 11.5. The quantitative estimate of drug-likeness (QED) is 0.813. The Hall–Kier alpha value is -2.49. The predicted octanol–water partition coefficient (Wildman–Crippen LogP) is 2.68. The highest BCUT2D eigenvalue weighted by atomic mass is 16.2. The first kappa shape index (κ1) is 16.4. The summed E-state index contributed by atoms with van der Waals surface area (Å²) in [5.74, 6) is -0.775. The van der Waals surface area contributed by atoms with E-state index < -0.39 is 5.92 Å². The van der Waals surface area contributed by atoms with Gasteiger partial charge in [0.05, 0.1) is 0 Å². The highest BCUT2D eigenvalue weighted by molar-refractivity contribution is 6.04. The second-order valence-corrected chi connectivity index (χ2v) is 6.66. The SMILES string of the molecule is Cc1cccc([C@H]2CN(C)C(=O)[C@@H]2C(=O)Cc2cnccc2C)c1. The van der Waals surface area contributed by atoms with Crippen molar-refractivity contribution in [2.24, 2.45) is 5.92 Å². The Morgan fingerprint density at radius 3 is 2.79 bits per heavy atom. The molecule has 1 aliphatic rings. The lowest BCUT2D eigenvalue weighted by Gasteiger charge is -2.17. The van der Waals surface area contributed by atoms with Gasteiger partial charge in [0.2, 0.25) is 5.91 Å². The molecule has 124 valence electrons. The monoisotopic (exact) mass is 322 g/mol. The molecule has 1 aliphatic heterocycles. The summed E-state index contributed by atoms with van der Waals surface area (Å²) in [5, 5.41) is 0. The number of aromatic nitrogens is 1. The van der Waals surface area contributed by atoms with Crippen molar-refractivity contribution in [2.45, 2.75) is 26.2 Å². The van der Waals surface area contributed by atoms with Crippen LogP contribution in [0.25, 0.3) is 0 Å². The van der Waals surface area contributed by atoms with Crippen LogP contribution in [0.4, 0.5) is 0 Å². The van der Waals surface area contributed by atoms with Gasteiger partial charge in [0, 0.05) is 38.3 Å². The van der Waals surface area contributed by atoms with Gasteiger partial charge in [-0.05, 0) is 36.6 Å². The summed E-state index contributed by atoms with van der Waals surface area (Å²) >= 11 is 0. The van der Waals surface area contributed by atoms with Gasteiger partial charge in [-0.1, -0.05) is 29.8 Å². The summed E-state index contributed by atoms with van der Waals surface area (Å²) < 4.78 is 0. The summed E-state index contributed by atoms with van der Waals surface area (Å²) in [5.41, 5.74) is 4.13. The number of carbonyl (C=O) groups excluding carboxylic acids is 2. The molecule has 1 saturated heterocycles. The fraction of sp³-hybridized carbons (Fsp3) is 0.350. The first-order valence-corrected chi connectivity index (χ1v) is 8.21. The Kier molecular flexibility index (Phi) is 4.47. The fourth-order valence-corrected chi connectivity index (χ4v) is 3.44. The molecule has 0 N–H and O–H groups in total. The zero-order valence-corrected chi connectivity index (χ0v) is 14.3. The molecule has 0 saturated carbocycles. The van der Waals surface area contributed by atoms with Gasteiger partial charge in [-0.2, -0.15) is 0 Å². The molecular formula is C20H22N2O2. The molecule has 2 heterocycles. The number of hydrogen-bond donors (Lipinski definition) is 0. The minimum Gasteiger partial charge on any atom is -0.344 e. The lowest BCUT2D eigenvalue weighted by Crippen LogP contribution is -2.29. The number of rotatable bonds is 4. The van der Waals surface area contributed by atoms with Crippen LogP contribution in [0.1, 0.15) is 28.2 Å². The predicted molar refractivity (Wildman–Crippen MR) is 92.7 cm³/mol. The number of likely N-dealkylation sites (N-methyl/N-ethyl adjacent to an activating group) is 1. The van der Waals surface area contributed by atoms with Crippen molar-refractivity contribution in [1.82, 2.24) is 9.88 Å². The van der Waals surface area contributed by atoms with Crippen LogP contribution in [0.3, 0.4) is 0 Å². The molecule has 2 aromatic rings. The van der Waals surface area contributed by atoms with Crippen LogP contribution < -0.4 is 0 Å². The molecule has 0 spiro atoms. The number of hydrogen-bond acceptors (Lipinski definition) is 3. The van der Waals surface area contributed by atoms with Gasteiger partial charge in [-0.3, -0.25) is 14.6 Å². The molecule has 24 heavy (non-hydrogen) atoms. The van der Waals surface area contributed by atoms with E-state index in [0.29, 0.717) is 6.54 Å². The molecule has 0 unspecified atom stereocenters. The second-order valence-electron chi connectivity index (χ2n) is 6.66. The Morgan fingerprint density at radius 2 is 2.08 bits per heavy atom. The van der Waals surface area contributed by atoms with Gasteiger partial charge in [0.1, 0.15) is 11.7 Å². The minimum atomic E-state index is -0.601. The first-order valence-electron chi connectivity index (χ1n) is 8.21. The summed E-state index contributed by atoms with van der Waals surface area (Å²) in [7, 11) is 1.77. The van der Waals surface area contributed by atoms with Gasteiger partial charge in [0.25, 0.3) is 0 Å². The molecular weight excluding hydrogens is 300 g/mol. The van der Waals surface area contributed by atoms with Crippen LogP contribution in [0.15, 0.2) is 42.7 Å². The normalized spacial score (nSPS) is 20.5. The van der Waals surface area contributed by atoms with E-state index in [9.17, 15) is 9.59 Å². The average molecular weight is 322 g/mol. The van der Waals surface area contributed by atoms with E-state index in [0.717, 1.165) is 22.3 Å². The molecule has 1 aromatic carbocycles. The fourth-order valence-electron chi connectivity index (χ4n) is 3.44. The molecule has 2 atom stereocenters. The molecule has 4 nitrogen and oxygen atoms in total. The van der Waals surface area contributed by atoms with Crippen LogP contribution in [0.2, 0.25) is 0 Å². The number of pyridine rings is 1. The Balaban J connectivity index is 1.89. The van der Waals surface area contributed by atoms with Gasteiger partial charge in [0.15, 0.2) is 0 Å². The largest absolute Gasteiger partial charge is 0.344 e. The third-order valence-electron chi connectivity index (χ3n) is 4.84. The van der Waals surface area contributed by atoms with E-state index in [-0.39, 0.29) is 24.0 Å². The summed E-state index contributed by atoms with van der Waals surface area (Å²) in [6, 6.07) is 10.00. The highest BCUT2D eigenvalue weighted by Gasteiger charge is 2.43. The molecule has 0 bridgehead atoms. The van der Waals surface area contributed by atoms with Crippen LogP contribution in [0.5, 0.6) is 0 Å². The Morgan fingerprint density at radius 1 is 1.29 bits per heavy atom. The van der Waals surface area contributed by atoms with E-state index in [1.807, 2.05) is 38.1 Å². The van der Waals surface area contributed by atoms with Crippen LogP contribution in [0, 0.1) is 19.8 Å². The van der Waals surface area contributed by atoms with Crippen LogP contribution in [-0.2, 0) is 16.0 Å². The maximum absolute atomic E-state index is 12.9. The minimum absolute atomic E-state index is 0.0213. The topological polar surface area (TPSA) is 50.3 Å². The van der Waals surface area contributed by atoms with E-state index >= 15 is 0 Å². The zero-order valence-electron chi connectivity index (χ0n) is 14.3. The van der Waals surface area contributed by atoms with E-state index in [4.69, 9.17) is 0 Å². The summed E-state index contributed by atoms with van der Waals surface area (Å²) in [6.07, 6.45) is 3.69. The molecule has 1 amide bonds. The molecule has 3 rings (SSSR count). The average Bonchev–Trinajstić information content (AvgIpc) is 2.85. The molecule has 0 aliphatic carbocycles. The Bertz CT molecular complexity index is 785. The zero-order chi connectivity index (χ0) is 17.3. The lowest BCUT2D eigenvalue weighted by atomic mass is 9.83. The molecule has 0 radical (unpaired) electrons. The number of carbonyl (C=O) groups is 2. The maximum atomic E-state index is 12.9. The lowest BCUT2D eigenvalue weighted by molar-refractivity contribution is -0.136. The van der Waals surface area contributed by atoms with Crippen molar-refractivity contribution in [2.75, 3.05) is 13.6 Å². The number of amides is 1. The number of benzene rings is 1. The number of aryl methyl sites for hydroxylation is 2. The molecule has 1 aromatic heterocycles. The van der Waals surface area contributed by atoms with Gasteiger partial charge >= 0.3 is 0 Å². The standard InChI is InChI=1S/C20H22N2O2/c1-13-5-4-6-15(9-13)17-12-22(3)20(24)19(17)18(23)10-16-11-21-8-7-14(16)2/h4-9,11,17,19H,10,12H2,1-3H3/t17-,19+/m1/s1. The molecule has 1 fully saturated rings. The van der Waals surface area contributed by atoms with E-state index in [2.05, 4.69) is 11.1 Å². The number of nitrogens with zero attached hydrogens (tertiary/aromatic N) is 2. The summed E-state index contributed by atoms with van der Waals surface area (Å²) in [6.45, 7) is 4.58. The number of likely N-dealkylation sites (tertiary alicyclic amines) is 1. The van der Waals surface area contributed by atoms with Crippen molar-refractivity contribution in [3.05, 3.63) is 65.0 Å². The van der Waals surface area contributed by atoms with Crippen molar-refractivity contribution >= 4 is 11.7 Å². The van der Waals surface area contributed by atoms with Crippen molar-refractivity contribution < 1.29 is 9.59 Å². The van der Waals surface area contributed by atoms with Gasteiger partial charge < -0.3 is 4.90 Å². The van der Waals surface area contributed by atoms with Crippen LogP contribution in [-0.4, -0.2) is 35.2 Å².